The van der Waals surface area contributed by atoms with Crippen molar-refractivity contribution in [1.29, 1.82) is 0 Å². The second kappa shape index (κ2) is 8.03. The molecule has 138 valence electrons. The summed E-state index contributed by atoms with van der Waals surface area (Å²) in [7, 11) is 0. The lowest BCUT2D eigenvalue weighted by molar-refractivity contribution is -0.137. The van der Waals surface area contributed by atoms with Crippen molar-refractivity contribution in [3.63, 3.8) is 0 Å². The number of rotatable bonds is 5. The zero-order valence-electron chi connectivity index (χ0n) is 14.3. The lowest BCUT2D eigenvalue weighted by Gasteiger charge is -2.21. The molecule has 0 aliphatic carbocycles. The van der Waals surface area contributed by atoms with Gasteiger partial charge in [0.2, 0.25) is 0 Å². The van der Waals surface area contributed by atoms with E-state index in [2.05, 4.69) is 0 Å². The first-order chi connectivity index (χ1) is 12.2. The maximum absolute atomic E-state index is 12.5. The van der Waals surface area contributed by atoms with Crippen LogP contribution in [0.15, 0.2) is 48.5 Å². The van der Waals surface area contributed by atoms with E-state index in [1.54, 1.807) is 13.0 Å². The highest BCUT2D eigenvalue weighted by Gasteiger charge is 2.30. The van der Waals surface area contributed by atoms with Gasteiger partial charge in [-0.1, -0.05) is 12.1 Å². The van der Waals surface area contributed by atoms with Crippen molar-refractivity contribution in [2.45, 2.75) is 20.0 Å². The van der Waals surface area contributed by atoms with Crippen molar-refractivity contribution >= 4 is 17.6 Å². The molecule has 0 atom stereocenters. The van der Waals surface area contributed by atoms with Crippen molar-refractivity contribution < 1.29 is 27.5 Å². The van der Waals surface area contributed by atoms with Crippen LogP contribution < -0.4 is 4.90 Å². The number of nitrogens with zero attached hydrogens (tertiary/aromatic N) is 1. The van der Waals surface area contributed by atoms with Crippen LogP contribution in [0, 0.1) is 6.92 Å². The maximum Gasteiger partial charge on any atom is 0.416 e. The molecular weight excluding hydrogens is 347 g/mol. The first-order valence-corrected chi connectivity index (χ1v) is 7.93. The fraction of sp³-hybridized carbons (Fsp3) is 0.263. The van der Waals surface area contributed by atoms with Gasteiger partial charge in [0, 0.05) is 12.2 Å². The molecule has 4 nitrogen and oxygen atoms in total. The van der Waals surface area contributed by atoms with Gasteiger partial charge >= 0.3 is 12.1 Å². The predicted molar refractivity (Wildman–Crippen MR) is 90.9 cm³/mol. The number of carbonyl (C=O) groups excluding carboxylic acids is 2. The van der Waals surface area contributed by atoms with Gasteiger partial charge in [0.25, 0.3) is 5.91 Å². The smallest absolute Gasteiger partial charge is 0.416 e. The van der Waals surface area contributed by atoms with Crippen LogP contribution in [0.1, 0.15) is 28.4 Å². The van der Waals surface area contributed by atoms with E-state index in [9.17, 15) is 22.8 Å². The van der Waals surface area contributed by atoms with E-state index in [-0.39, 0.29) is 5.56 Å². The molecule has 0 heterocycles. The van der Waals surface area contributed by atoms with Crippen molar-refractivity contribution in [2.75, 3.05) is 18.1 Å². The number of ether oxygens (including phenoxy) is 1. The van der Waals surface area contributed by atoms with Gasteiger partial charge in [-0.15, -0.1) is 0 Å². The monoisotopic (exact) mass is 365 g/mol. The molecule has 2 aromatic carbocycles. The van der Waals surface area contributed by atoms with E-state index >= 15 is 0 Å². The minimum Gasteiger partial charge on any atom is -0.452 e. The van der Waals surface area contributed by atoms with Crippen molar-refractivity contribution in [1.82, 2.24) is 0 Å². The van der Waals surface area contributed by atoms with E-state index in [0.717, 1.165) is 29.8 Å². The zero-order valence-corrected chi connectivity index (χ0v) is 14.3. The Morgan fingerprint density at radius 3 is 2.27 bits per heavy atom. The third-order valence-electron chi connectivity index (χ3n) is 3.71. The fourth-order valence-electron chi connectivity index (χ4n) is 2.38. The highest BCUT2D eigenvalue weighted by atomic mass is 19.4. The summed E-state index contributed by atoms with van der Waals surface area (Å²) in [5, 5.41) is 0. The summed E-state index contributed by atoms with van der Waals surface area (Å²) in [6.45, 7) is 3.58. The van der Waals surface area contributed by atoms with Gasteiger partial charge in [0.15, 0.2) is 6.61 Å². The largest absolute Gasteiger partial charge is 0.452 e. The lowest BCUT2D eigenvalue weighted by atomic mass is 10.1. The molecule has 0 N–H and O–H groups in total. The molecular formula is C19H18F3NO3. The van der Waals surface area contributed by atoms with Crippen LogP contribution in [0.25, 0.3) is 0 Å². The van der Waals surface area contributed by atoms with Crippen LogP contribution in [0.3, 0.4) is 0 Å². The third-order valence-corrected chi connectivity index (χ3v) is 3.71. The minimum atomic E-state index is -4.48. The number of halogens is 3. The highest BCUT2D eigenvalue weighted by molar-refractivity contribution is 5.97. The number of aryl methyl sites for hydroxylation is 1. The average Bonchev–Trinajstić information content (AvgIpc) is 2.60. The normalized spacial score (nSPS) is 11.1. The Bertz CT molecular complexity index is 785. The number of hydrogen-bond donors (Lipinski definition) is 0. The summed E-state index contributed by atoms with van der Waals surface area (Å²) in [6, 6.07) is 10.9. The van der Waals surface area contributed by atoms with E-state index in [4.69, 9.17) is 4.74 Å². The number of hydrogen-bond acceptors (Lipinski definition) is 3. The number of anilines is 1. The molecule has 0 aromatic heterocycles. The maximum atomic E-state index is 12.5. The number of esters is 1. The molecule has 7 heteroatoms. The molecule has 0 saturated heterocycles. The molecule has 26 heavy (non-hydrogen) atoms. The van der Waals surface area contributed by atoms with Crippen molar-refractivity contribution in [3.8, 4) is 0 Å². The molecule has 0 aliphatic rings. The highest BCUT2D eigenvalue weighted by Crippen LogP contribution is 2.29. The molecule has 0 aliphatic heterocycles. The topological polar surface area (TPSA) is 46.6 Å². The van der Waals surface area contributed by atoms with Gasteiger partial charge in [-0.05, 0) is 55.8 Å². The van der Waals surface area contributed by atoms with Crippen molar-refractivity contribution in [3.05, 3.63) is 65.2 Å². The zero-order chi connectivity index (χ0) is 19.3. The summed E-state index contributed by atoms with van der Waals surface area (Å²) >= 11 is 0. The minimum absolute atomic E-state index is 0.0515. The van der Waals surface area contributed by atoms with Crippen LogP contribution in [0.4, 0.5) is 18.9 Å². The number of likely N-dealkylation sites (N-methyl/N-ethyl adjacent to an activating group) is 1. The average molecular weight is 365 g/mol. The van der Waals surface area contributed by atoms with Crippen LogP contribution in [-0.2, 0) is 15.7 Å². The van der Waals surface area contributed by atoms with Crippen LogP contribution in [0.5, 0.6) is 0 Å². The Labute approximate surface area is 149 Å². The van der Waals surface area contributed by atoms with Crippen LogP contribution in [0.2, 0.25) is 0 Å². The second-order valence-electron chi connectivity index (χ2n) is 5.63. The summed E-state index contributed by atoms with van der Waals surface area (Å²) in [5.74, 6) is -1.27. The van der Waals surface area contributed by atoms with E-state index in [1.165, 1.54) is 4.90 Å². The first-order valence-electron chi connectivity index (χ1n) is 7.93. The quantitative estimate of drug-likeness (QED) is 0.745. The fourth-order valence-corrected chi connectivity index (χ4v) is 2.38. The van der Waals surface area contributed by atoms with E-state index in [1.807, 2.05) is 25.1 Å². The summed E-state index contributed by atoms with van der Waals surface area (Å²) in [5.41, 5.74) is 0.754. The molecule has 0 spiro atoms. The summed E-state index contributed by atoms with van der Waals surface area (Å²) in [4.78, 5) is 25.7. The first kappa shape index (κ1) is 19.5. The molecule has 0 bridgehead atoms. The van der Waals surface area contributed by atoms with Gasteiger partial charge in [0.05, 0.1) is 11.1 Å². The molecule has 0 fully saturated rings. The Hall–Kier alpha value is -2.83. The Balaban J connectivity index is 2.00. The van der Waals surface area contributed by atoms with Gasteiger partial charge in [0.1, 0.15) is 0 Å². The van der Waals surface area contributed by atoms with Crippen LogP contribution in [-0.4, -0.2) is 25.0 Å². The number of alkyl halides is 3. The van der Waals surface area contributed by atoms with Gasteiger partial charge < -0.3 is 9.64 Å². The standard InChI is InChI=1S/C19H18F3NO3/c1-3-23(16-6-4-5-13(2)11-16)17(24)12-26-18(25)14-7-9-15(10-8-14)19(20,21)22/h4-11H,3,12H2,1-2H3. The number of carbonyl (C=O) groups is 2. The molecule has 2 aromatic rings. The Morgan fingerprint density at radius 2 is 1.73 bits per heavy atom. The van der Waals surface area contributed by atoms with Gasteiger partial charge in [-0.2, -0.15) is 13.2 Å². The Morgan fingerprint density at radius 1 is 1.08 bits per heavy atom. The summed E-state index contributed by atoms with van der Waals surface area (Å²) < 4.78 is 42.5. The van der Waals surface area contributed by atoms with Crippen LogP contribution >= 0.6 is 0 Å². The molecule has 0 saturated carbocycles. The lowest BCUT2D eigenvalue weighted by Crippen LogP contribution is -2.34. The van der Waals surface area contributed by atoms with Crippen molar-refractivity contribution in [2.24, 2.45) is 0 Å². The molecule has 1 amide bonds. The number of benzene rings is 2. The summed E-state index contributed by atoms with van der Waals surface area (Å²) in [6.07, 6.45) is -4.48. The predicted octanol–water partition coefficient (Wildman–Crippen LogP) is 4.22. The van der Waals surface area contributed by atoms with Gasteiger partial charge in [-0.25, -0.2) is 4.79 Å². The molecule has 0 radical (unpaired) electrons. The Kier molecular flexibility index (Phi) is 6.02. The molecule has 2 rings (SSSR count). The SMILES string of the molecule is CCN(C(=O)COC(=O)c1ccc(C(F)(F)F)cc1)c1cccc(C)c1. The van der Waals surface area contributed by atoms with E-state index in [0.29, 0.717) is 12.2 Å². The number of amides is 1. The third kappa shape index (κ3) is 4.84. The van der Waals surface area contributed by atoms with Gasteiger partial charge in [-0.3, -0.25) is 4.79 Å². The van der Waals surface area contributed by atoms with E-state index < -0.39 is 30.2 Å². The second-order valence-corrected chi connectivity index (χ2v) is 5.63. The molecule has 0 unspecified atom stereocenters.